The van der Waals surface area contributed by atoms with E-state index in [1.165, 1.54) is 0 Å². The summed E-state index contributed by atoms with van der Waals surface area (Å²) in [6, 6.07) is 0. The molecule has 0 aliphatic heterocycles. The highest BCUT2D eigenvalue weighted by atomic mass is 28.2. The lowest BCUT2D eigenvalue weighted by molar-refractivity contribution is 0.125. The molecule has 0 N–H and O–H groups in total. The zero-order valence-electron chi connectivity index (χ0n) is 4.72. The molecular weight excluding hydrogens is 120 g/mol. The third-order valence-electron chi connectivity index (χ3n) is 0.565. The summed E-state index contributed by atoms with van der Waals surface area (Å²) in [6.07, 6.45) is 1.70. The van der Waals surface area contributed by atoms with E-state index in [0.717, 1.165) is 0 Å². The Kier molecular flexibility index (Phi) is 6.77. The van der Waals surface area contributed by atoms with Crippen molar-refractivity contribution >= 4 is 10.5 Å². The minimum atomic E-state index is 0.574. The first-order valence-electron chi connectivity index (χ1n) is 2.39. The van der Waals surface area contributed by atoms with Gasteiger partial charge in [-0.05, 0) is 0 Å². The van der Waals surface area contributed by atoms with Crippen LogP contribution in [0.4, 0.5) is 0 Å². The molecular formula is C5H9O2Si. The van der Waals surface area contributed by atoms with E-state index in [0.29, 0.717) is 19.8 Å². The third-order valence-corrected chi connectivity index (χ3v) is 0.770. The van der Waals surface area contributed by atoms with Crippen LogP contribution in [0, 0.1) is 0 Å². The van der Waals surface area contributed by atoms with Gasteiger partial charge in [-0.2, -0.15) is 0 Å². The van der Waals surface area contributed by atoms with E-state index in [4.69, 9.17) is 4.74 Å². The molecule has 3 radical (unpaired) electrons. The fourth-order valence-corrected chi connectivity index (χ4v) is 0.351. The van der Waals surface area contributed by atoms with Gasteiger partial charge in [0.15, 0.2) is 0 Å². The predicted octanol–water partition coefficient (Wildman–Crippen LogP) is 0.289. The maximum absolute atomic E-state index is 4.95. The molecule has 0 aromatic heterocycles. The van der Waals surface area contributed by atoms with Gasteiger partial charge in [0, 0.05) is 0 Å². The van der Waals surface area contributed by atoms with E-state index < -0.39 is 0 Å². The SMILES string of the molecule is C=CCOCCO[Si]. The lowest BCUT2D eigenvalue weighted by Gasteiger charge is -1.96. The van der Waals surface area contributed by atoms with Crippen LogP contribution in [0.2, 0.25) is 0 Å². The van der Waals surface area contributed by atoms with Crippen molar-refractivity contribution in [2.24, 2.45) is 0 Å². The van der Waals surface area contributed by atoms with Crippen molar-refractivity contribution in [3.8, 4) is 0 Å². The minimum absolute atomic E-state index is 0.574. The van der Waals surface area contributed by atoms with Gasteiger partial charge in [-0.15, -0.1) is 6.58 Å². The van der Waals surface area contributed by atoms with Crippen LogP contribution in [-0.2, 0) is 9.16 Å². The number of rotatable bonds is 5. The van der Waals surface area contributed by atoms with E-state index in [2.05, 4.69) is 21.5 Å². The quantitative estimate of drug-likeness (QED) is 0.302. The molecule has 0 fully saturated rings. The van der Waals surface area contributed by atoms with Crippen molar-refractivity contribution in [3.05, 3.63) is 12.7 Å². The summed E-state index contributed by atoms with van der Waals surface area (Å²) >= 11 is 0. The second-order valence-corrected chi connectivity index (χ2v) is 1.50. The highest BCUT2D eigenvalue weighted by Gasteiger charge is 1.79. The zero-order chi connectivity index (χ0) is 6.24. The Morgan fingerprint density at radius 3 is 2.75 bits per heavy atom. The molecule has 3 heteroatoms. The molecule has 0 aliphatic carbocycles. The van der Waals surface area contributed by atoms with Gasteiger partial charge in [0.05, 0.1) is 19.8 Å². The Bertz CT molecular complexity index is 56.4. The van der Waals surface area contributed by atoms with Crippen LogP contribution in [0.1, 0.15) is 0 Å². The predicted molar refractivity (Wildman–Crippen MR) is 32.7 cm³/mol. The van der Waals surface area contributed by atoms with Crippen LogP contribution in [0.15, 0.2) is 12.7 Å². The Labute approximate surface area is 53.0 Å². The molecule has 0 aliphatic rings. The van der Waals surface area contributed by atoms with E-state index >= 15 is 0 Å². The fraction of sp³-hybridized carbons (Fsp3) is 0.600. The van der Waals surface area contributed by atoms with Gasteiger partial charge in [0.25, 0.3) is 0 Å². The minimum Gasteiger partial charge on any atom is -0.416 e. The molecule has 0 unspecified atom stereocenters. The second kappa shape index (κ2) is 6.88. The summed E-state index contributed by atoms with van der Waals surface area (Å²) in [5.74, 6) is 0. The number of hydrogen-bond acceptors (Lipinski definition) is 2. The second-order valence-electron chi connectivity index (χ2n) is 1.21. The summed E-state index contributed by atoms with van der Waals surface area (Å²) < 4.78 is 9.48. The summed E-state index contributed by atoms with van der Waals surface area (Å²) in [4.78, 5) is 0. The molecule has 0 aromatic rings. The van der Waals surface area contributed by atoms with E-state index in [1.54, 1.807) is 6.08 Å². The van der Waals surface area contributed by atoms with Crippen molar-refractivity contribution in [1.82, 2.24) is 0 Å². The average Bonchev–Trinajstić information content (AvgIpc) is 1.81. The monoisotopic (exact) mass is 129 g/mol. The van der Waals surface area contributed by atoms with Gasteiger partial charge in [-0.3, -0.25) is 0 Å². The molecule has 0 saturated heterocycles. The molecule has 0 heterocycles. The average molecular weight is 129 g/mol. The topological polar surface area (TPSA) is 18.5 Å². The van der Waals surface area contributed by atoms with Crippen molar-refractivity contribution in [2.75, 3.05) is 19.8 Å². The zero-order valence-corrected chi connectivity index (χ0v) is 5.72. The molecule has 45 valence electrons. The van der Waals surface area contributed by atoms with Crippen LogP contribution >= 0.6 is 0 Å². The van der Waals surface area contributed by atoms with Crippen LogP contribution in [0.5, 0.6) is 0 Å². The number of ether oxygens (including phenoxy) is 1. The molecule has 0 rings (SSSR count). The van der Waals surface area contributed by atoms with Gasteiger partial charge in [0.2, 0.25) is 10.5 Å². The third kappa shape index (κ3) is 5.88. The summed E-state index contributed by atoms with van der Waals surface area (Å²) in [7, 11) is 2.84. The van der Waals surface area contributed by atoms with Crippen molar-refractivity contribution < 1.29 is 9.16 Å². The van der Waals surface area contributed by atoms with Crippen LogP contribution < -0.4 is 0 Å². The number of hydrogen-bond donors (Lipinski definition) is 0. The fourth-order valence-electron chi connectivity index (χ4n) is 0.267. The smallest absolute Gasteiger partial charge is 0.246 e. The molecule has 8 heavy (non-hydrogen) atoms. The lowest BCUT2D eigenvalue weighted by Crippen LogP contribution is -2.01. The van der Waals surface area contributed by atoms with Crippen molar-refractivity contribution in [3.63, 3.8) is 0 Å². The normalized spacial score (nSPS) is 9.12. The molecule has 0 amide bonds. The largest absolute Gasteiger partial charge is 0.416 e. The molecule has 2 nitrogen and oxygen atoms in total. The van der Waals surface area contributed by atoms with Gasteiger partial charge < -0.3 is 9.16 Å². The summed E-state index contributed by atoms with van der Waals surface area (Å²) in [6.45, 7) is 5.25. The summed E-state index contributed by atoms with van der Waals surface area (Å²) in [5.41, 5.74) is 0. The molecule has 0 saturated carbocycles. The van der Waals surface area contributed by atoms with Gasteiger partial charge in [0.1, 0.15) is 0 Å². The van der Waals surface area contributed by atoms with Gasteiger partial charge >= 0.3 is 0 Å². The van der Waals surface area contributed by atoms with E-state index in [9.17, 15) is 0 Å². The summed E-state index contributed by atoms with van der Waals surface area (Å²) in [5, 5.41) is 0. The van der Waals surface area contributed by atoms with E-state index in [-0.39, 0.29) is 0 Å². The van der Waals surface area contributed by atoms with E-state index in [1.807, 2.05) is 0 Å². The first-order chi connectivity index (χ1) is 3.91. The Balaban J connectivity index is 2.62. The highest BCUT2D eigenvalue weighted by Crippen LogP contribution is 1.73. The maximum Gasteiger partial charge on any atom is 0.246 e. The lowest BCUT2D eigenvalue weighted by atomic mass is 10.7. The Morgan fingerprint density at radius 2 is 2.25 bits per heavy atom. The Hall–Kier alpha value is -0.123. The molecule has 0 atom stereocenters. The molecule has 0 aromatic carbocycles. The first kappa shape index (κ1) is 7.88. The van der Waals surface area contributed by atoms with Gasteiger partial charge in [-0.25, -0.2) is 0 Å². The van der Waals surface area contributed by atoms with Crippen molar-refractivity contribution in [2.45, 2.75) is 0 Å². The Morgan fingerprint density at radius 1 is 1.50 bits per heavy atom. The standard InChI is InChI=1S/C5H9O2Si/c1-2-3-6-4-5-7-8/h2H,1,3-5H2. The molecule has 0 spiro atoms. The molecule has 0 bridgehead atoms. The van der Waals surface area contributed by atoms with Crippen molar-refractivity contribution in [1.29, 1.82) is 0 Å². The van der Waals surface area contributed by atoms with Crippen LogP contribution in [-0.4, -0.2) is 30.3 Å². The van der Waals surface area contributed by atoms with Gasteiger partial charge in [-0.1, -0.05) is 6.08 Å². The maximum atomic E-state index is 4.95. The first-order valence-corrected chi connectivity index (χ1v) is 2.79. The van der Waals surface area contributed by atoms with Crippen LogP contribution in [0.3, 0.4) is 0 Å². The highest BCUT2D eigenvalue weighted by molar-refractivity contribution is 5.97. The van der Waals surface area contributed by atoms with Crippen LogP contribution in [0.25, 0.3) is 0 Å².